The fourth-order valence-electron chi connectivity index (χ4n) is 2.97. The average Bonchev–Trinajstić information content (AvgIpc) is 2.97. The maximum Gasteiger partial charge on any atom is 0.180 e. The van der Waals surface area contributed by atoms with Crippen LogP contribution in [-0.2, 0) is 6.42 Å². The third-order valence-corrected chi connectivity index (χ3v) is 4.54. The molecule has 6 nitrogen and oxygen atoms in total. The standard InChI is InChI=1S/C22H22N6/c1-6-8-17(9-7-2)10-18-22-25-15(4)16(5)28(22)13-20(26-18)21-24-12-14(3)19(11-23)27-21/h6-9,12-13H,1,10H2,2-5H3/b9-7-,17-8+. The molecule has 3 heterocycles. The molecule has 0 spiro atoms. The van der Waals surface area contributed by atoms with Crippen molar-refractivity contribution in [2.45, 2.75) is 34.1 Å². The molecular formula is C22H22N6. The van der Waals surface area contributed by atoms with Crippen molar-refractivity contribution in [3.63, 3.8) is 0 Å². The molecule has 6 heteroatoms. The molecule has 0 saturated heterocycles. The summed E-state index contributed by atoms with van der Waals surface area (Å²) >= 11 is 0. The van der Waals surface area contributed by atoms with Crippen LogP contribution in [0, 0.1) is 32.1 Å². The van der Waals surface area contributed by atoms with Gasteiger partial charge in [0.15, 0.2) is 11.5 Å². The highest BCUT2D eigenvalue weighted by molar-refractivity contribution is 5.58. The van der Waals surface area contributed by atoms with Gasteiger partial charge in [-0.1, -0.05) is 30.9 Å². The molecule has 0 fully saturated rings. The quantitative estimate of drug-likeness (QED) is 0.628. The summed E-state index contributed by atoms with van der Waals surface area (Å²) in [6.07, 6.45) is 11.9. The van der Waals surface area contributed by atoms with Crippen LogP contribution in [0.2, 0.25) is 0 Å². The minimum absolute atomic E-state index is 0.355. The van der Waals surface area contributed by atoms with Crippen LogP contribution in [0.1, 0.15) is 35.3 Å². The van der Waals surface area contributed by atoms with E-state index in [9.17, 15) is 5.26 Å². The lowest BCUT2D eigenvalue weighted by Gasteiger charge is -2.09. The zero-order chi connectivity index (χ0) is 20.3. The molecular weight excluding hydrogens is 348 g/mol. The minimum atomic E-state index is 0.355. The Hall–Kier alpha value is -3.59. The summed E-state index contributed by atoms with van der Waals surface area (Å²) in [4.78, 5) is 18.3. The van der Waals surface area contributed by atoms with Gasteiger partial charge in [0.25, 0.3) is 0 Å². The van der Waals surface area contributed by atoms with Gasteiger partial charge in [-0.05, 0) is 33.3 Å². The van der Waals surface area contributed by atoms with Crippen molar-refractivity contribution in [1.29, 1.82) is 5.26 Å². The number of allylic oxidation sites excluding steroid dienone is 5. The Morgan fingerprint density at radius 2 is 2.04 bits per heavy atom. The highest BCUT2D eigenvalue weighted by Crippen LogP contribution is 2.22. The van der Waals surface area contributed by atoms with E-state index in [0.29, 0.717) is 23.6 Å². The molecule has 3 rings (SSSR count). The van der Waals surface area contributed by atoms with Crippen molar-refractivity contribution in [1.82, 2.24) is 24.3 Å². The van der Waals surface area contributed by atoms with Crippen LogP contribution in [0.25, 0.3) is 17.2 Å². The van der Waals surface area contributed by atoms with Crippen LogP contribution in [0.5, 0.6) is 0 Å². The second-order valence-corrected chi connectivity index (χ2v) is 6.54. The second kappa shape index (κ2) is 7.97. The molecule has 0 aliphatic carbocycles. The zero-order valence-electron chi connectivity index (χ0n) is 16.6. The smallest absolute Gasteiger partial charge is 0.180 e. The number of aryl methyl sites for hydroxylation is 3. The van der Waals surface area contributed by atoms with Crippen LogP contribution in [-0.4, -0.2) is 24.3 Å². The summed E-state index contributed by atoms with van der Waals surface area (Å²) in [5.74, 6) is 0.427. The Morgan fingerprint density at radius 3 is 2.71 bits per heavy atom. The minimum Gasteiger partial charge on any atom is -0.300 e. The van der Waals surface area contributed by atoms with Gasteiger partial charge >= 0.3 is 0 Å². The number of nitriles is 1. The first kappa shape index (κ1) is 19.2. The fraction of sp³-hybridized carbons (Fsp3) is 0.227. The normalized spacial score (nSPS) is 11.9. The summed E-state index contributed by atoms with van der Waals surface area (Å²) in [5.41, 5.74) is 6.40. The lowest BCUT2D eigenvalue weighted by atomic mass is 10.1. The highest BCUT2D eigenvalue weighted by atomic mass is 15.1. The zero-order valence-corrected chi connectivity index (χ0v) is 16.6. The van der Waals surface area contributed by atoms with Crippen LogP contribution >= 0.6 is 0 Å². The first-order valence-corrected chi connectivity index (χ1v) is 9.02. The number of aromatic nitrogens is 5. The van der Waals surface area contributed by atoms with Gasteiger partial charge in [-0.2, -0.15) is 5.26 Å². The van der Waals surface area contributed by atoms with Crippen molar-refractivity contribution < 1.29 is 0 Å². The highest BCUT2D eigenvalue weighted by Gasteiger charge is 2.16. The summed E-state index contributed by atoms with van der Waals surface area (Å²) in [6, 6.07) is 2.11. The predicted molar refractivity (Wildman–Crippen MR) is 110 cm³/mol. The Balaban J connectivity index is 2.23. The van der Waals surface area contributed by atoms with Crippen molar-refractivity contribution in [2.75, 3.05) is 0 Å². The van der Waals surface area contributed by atoms with Gasteiger partial charge < -0.3 is 4.40 Å². The lowest BCUT2D eigenvalue weighted by Crippen LogP contribution is -2.04. The molecule has 140 valence electrons. The fourth-order valence-corrected chi connectivity index (χ4v) is 2.97. The van der Waals surface area contributed by atoms with Gasteiger partial charge in [-0.25, -0.2) is 19.9 Å². The number of hydrogen-bond donors (Lipinski definition) is 0. The molecule has 0 aliphatic rings. The van der Waals surface area contributed by atoms with Crippen molar-refractivity contribution >= 4 is 5.65 Å². The number of nitrogens with zero attached hydrogens (tertiary/aromatic N) is 6. The summed E-state index contributed by atoms with van der Waals surface area (Å²) in [6.45, 7) is 11.6. The number of hydrogen-bond acceptors (Lipinski definition) is 5. The molecule has 0 radical (unpaired) electrons. The van der Waals surface area contributed by atoms with Gasteiger partial charge in [0.1, 0.15) is 17.5 Å². The van der Waals surface area contributed by atoms with Gasteiger partial charge in [-0.3, -0.25) is 0 Å². The Morgan fingerprint density at radius 1 is 1.25 bits per heavy atom. The largest absolute Gasteiger partial charge is 0.300 e. The van der Waals surface area contributed by atoms with E-state index >= 15 is 0 Å². The molecule has 0 atom stereocenters. The molecule has 0 saturated carbocycles. The van der Waals surface area contributed by atoms with E-state index in [0.717, 1.165) is 33.9 Å². The molecule has 28 heavy (non-hydrogen) atoms. The van der Waals surface area contributed by atoms with Crippen molar-refractivity contribution in [3.8, 4) is 17.6 Å². The number of rotatable bonds is 5. The number of fused-ring (bicyclic) bond motifs is 1. The third-order valence-electron chi connectivity index (χ3n) is 4.54. The van der Waals surface area contributed by atoms with Crippen molar-refractivity contribution in [3.05, 3.63) is 77.2 Å². The molecule has 0 bridgehead atoms. The molecule has 3 aromatic rings. The van der Waals surface area contributed by atoms with Crippen LogP contribution < -0.4 is 0 Å². The Kier molecular flexibility index (Phi) is 5.46. The monoisotopic (exact) mass is 370 g/mol. The van der Waals surface area contributed by atoms with E-state index in [1.54, 1.807) is 12.3 Å². The SMILES string of the molecule is C=C/C=C(\C=C/C)Cc1nc(-c2ncc(C)c(C#N)n2)cn2c(C)c(C)nc12. The first-order valence-electron chi connectivity index (χ1n) is 9.02. The van der Waals surface area contributed by atoms with E-state index in [4.69, 9.17) is 9.97 Å². The topological polar surface area (TPSA) is 79.8 Å². The van der Waals surface area contributed by atoms with Gasteiger partial charge in [0.2, 0.25) is 0 Å². The van der Waals surface area contributed by atoms with Gasteiger partial charge in [0.05, 0.1) is 11.4 Å². The predicted octanol–water partition coefficient (Wildman–Crippen LogP) is 4.21. The molecule has 0 aliphatic heterocycles. The summed E-state index contributed by atoms with van der Waals surface area (Å²) in [5, 5.41) is 9.30. The van der Waals surface area contributed by atoms with Gasteiger partial charge in [-0.15, -0.1) is 0 Å². The molecule has 0 unspecified atom stereocenters. The maximum absolute atomic E-state index is 9.30. The van der Waals surface area contributed by atoms with Crippen LogP contribution in [0.4, 0.5) is 0 Å². The van der Waals surface area contributed by atoms with E-state index in [1.807, 2.05) is 56.5 Å². The van der Waals surface area contributed by atoms with Crippen molar-refractivity contribution in [2.24, 2.45) is 0 Å². The van der Waals surface area contributed by atoms with Crippen LogP contribution in [0.3, 0.4) is 0 Å². The first-order chi connectivity index (χ1) is 13.5. The van der Waals surface area contributed by atoms with E-state index < -0.39 is 0 Å². The molecule has 0 amide bonds. The van der Waals surface area contributed by atoms with E-state index in [-0.39, 0.29) is 0 Å². The van der Waals surface area contributed by atoms with Crippen LogP contribution in [0.15, 0.2) is 48.8 Å². The summed E-state index contributed by atoms with van der Waals surface area (Å²) < 4.78 is 2.02. The molecule has 0 N–H and O–H groups in total. The maximum atomic E-state index is 9.30. The van der Waals surface area contributed by atoms with E-state index in [1.165, 1.54) is 0 Å². The molecule has 3 aromatic heterocycles. The van der Waals surface area contributed by atoms with E-state index in [2.05, 4.69) is 22.6 Å². The third kappa shape index (κ3) is 3.60. The van der Waals surface area contributed by atoms with Gasteiger partial charge in [0, 0.05) is 30.1 Å². The Bertz CT molecular complexity index is 1160. The molecule has 0 aromatic carbocycles. The number of imidazole rings is 1. The Labute approximate surface area is 164 Å². The second-order valence-electron chi connectivity index (χ2n) is 6.54. The summed E-state index contributed by atoms with van der Waals surface area (Å²) in [7, 11) is 0. The average molecular weight is 370 g/mol. The lowest BCUT2D eigenvalue weighted by molar-refractivity contribution is 0.983.